The number of rotatable bonds is 7. The number of hydrogen-bond acceptors (Lipinski definition) is 6. The Morgan fingerprint density at radius 3 is 2.70 bits per heavy atom. The van der Waals surface area contributed by atoms with Gasteiger partial charge in [-0.15, -0.1) is 0 Å². The van der Waals surface area contributed by atoms with Gasteiger partial charge in [0.15, 0.2) is 0 Å². The summed E-state index contributed by atoms with van der Waals surface area (Å²) in [5.41, 5.74) is 1.56. The molecule has 27 heavy (non-hydrogen) atoms. The molecule has 0 bridgehead atoms. The van der Waals surface area contributed by atoms with Gasteiger partial charge in [-0.25, -0.2) is 9.97 Å². The van der Waals surface area contributed by atoms with Crippen LogP contribution in [-0.4, -0.2) is 72.1 Å². The van der Waals surface area contributed by atoms with Gasteiger partial charge in [0.25, 0.3) is 5.91 Å². The van der Waals surface area contributed by atoms with Crippen LogP contribution in [0.3, 0.4) is 0 Å². The van der Waals surface area contributed by atoms with Crippen molar-refractivity contribution in [3.63, 3.8) is 0 Å². The predicted molar refractivity (Wildman–Crippen MR) is 105 cm³/mol. The molecule has 1 aromatic heterocycles. The fraction of sp³-hybridized carbons (Fsp3) is 0.450. The molecule has 0 radical (unpaired) electrons. The molecule has 1 saturated heterocycles. The summed E-state index contributed by atoms with van der Waals surface area (Å²) in [5, 5.41) is 3.20. The second-order valence-electron chi connectivity index (χ2n) is 6.48. The van der Waals surface area contributed by atoms with E-state index in [9.17, 15) is 4.79 Å². The number of nitrogens with zero attached hydrogens (tertiary/aromatic N) is 4. The number of amides is 1. The Bertz CT molecular complexity index is 760. The van der Waals surface area contributed by atoms with E-state index in [0.29, 0.717) is 18.2 Å². The van der Waals surface area contributed by atoms with Crippen LogP contribution in [0.15, 0.2) is 36.5 Å². The lowest BCUT2D eigenvalue weighted by molar-refractivity contribution is 0.0637. The van der Waals surface area contributed by atoms with E-state index in [0.717, 1.165) is 50.5 Å². The molecule has 3 rings (SSSR count). The first kappa shape index (κ1) is 19.1. The summed E-state index contributed by atoms with van der Waals surface area (Å²) in [6.07, 6.45) is 2.42. The molecule has 1 amide bonds. The number of carbonyl (C=O) groups is 1. The van der Waals surface area contributed by atoms with E-state index < -0.39 is 0 Å². The van der Waals surface area contributed by atoms with Crippen molar-refractivity contribution in [3.05, 3.63) is 47.8 Å². The zero-order chi connectivity index (χ0) is 19.1. The Balaban J connectivity index is 1.56. The number of para-hydroxylation sites is 1. The van der Waals surface area contributed by atoms with Gasteiger partial charge >= 0.3 is 0 Å². The number of nitrogens with one attached hydrogen (secondary N) is 1. The molecule has 0 saturated carbocycles. The van der Waals surface area contributed by atoms with Gasteiger partial charge in [0, 0.05) is 38.9 Å². The molecule has 1 aliphatic heterocycles. The lowest BCUT2D eigenvalue weighted by Gasteiger charge is -2.33. The van der Waals surface area contributed by atoms with E-state index in [2.05, 4.69) is 27.1 Å². The molecule has 1 N–H and O–H groups in total. The van der Waals surface area contributed by atoms with Gasteiger partial charge in [-0.1, -0.05) is 25.1 Å². The highest BCUT2D eigenvalue weighted by Gasteiger charge is 2.22. The van der Waals surface area contributed by atoms with Crippen molar-refractivity contribution in [1.29, 1.82) is 0 Å². The van der Waals surface area contributed by atoms with Crippen molar-refractivity contribution in [2.24, 2.45) is 0 Å². The highest BCUT2D eigenvalue weighted by molar-refractivity contribution is 5.92. The molecule has 144 valence electrons. The number of hydrogen-bond donors (Lipinski definition) is 1. The van der Waals surface area contributed by atoms with Crippen LogP contribution in [0.5, 0.6) is 5.75 Å². The van der Waals surface area contributed by atoms with E-state index in [1.807, 2.05) is 29.2 Å². The Hall–Kier alpha value is -2.67. The van der Waals surface area contributed by atoms with Gasteiger partial charge in [-0.3, -0.25) is 4.79 Å². The minimum Gasteiger partial charge on any atom is -0.496 e. The summed E-state index contributed by atoms with van der Waals surface area (Å²) in [6.45, 7) is 7.14. The fourth-order valence-electron chi connectivity index (χ4n) is 3.21. The molecule has 0 aliphatic carbocycles. The van der Waals surface area contributed by atoms with Crippen LogP contribution in [-0.2, 0) is 6.42 Å². The molecule has 0 atom stereocenters. The van der Waals surface area contributed by atoms with Crippen molar-refractivity contribution in [2.45, 2.75) is 13.3 Å². The molecule has 2 aromatic rings. The SMILES string of the molecule is CCN1CCN(C(=O)c2ccnc(NCCc3ccccc3OC)n2)CC1. The number of piperazine rings is 1. The second-order valence-corrected chi connectivity index (χ2v) is 6.48. The van der Waals surface area contributed by atoms with Crippen molar-refractivity contribution < 1.29 is 9.53 Å². The molecule has 2 heterocycles. The van der Waals surface area contributed by atoms with E-state index in [1.54, 1.807) is 19.4 Å². The van der Waals surface area contributed by atoms with E-state index in [-0.39, 0.29) is 5.91 Å². The fourth-order valence-corrected chi connectivity index (χ4v) is 3.21. The third-order valence-corrected chi connectivity index (χ3v) is 4.85. The van der Waals surface area contributed by atoms with E-state index >= 15 is 0 Å². The number of likely N-dealkylation sites (N-methyl/N-ethyl adjacent to an activating group) is 1. The summed E-state index contributed by atoms with van der Waals surface area (Å²) in [6, 6.07) is 9.61. The summed E-state index contributed by atoms with van der Waals surface area (Å²) < 4.78 is 5.37. The van der Waals surface area contributed by atoms with Gasteiger partial charge < -0.3 is 19.9 Å². The van der Waals surface area contributed by atoms with Crippen LogP contribution in [0.1, 0.15) is 23.0 Å². The molecule has 7 heteroatoms. The van der Waals surface area contributed by atoms with Crippen molar-refractivity contribution in [3.8, 4) is 5.75 Å². The Morgan fingerprint density at radius 2 is 1.96 bits per heavy atom. The Labute approximate surface area is 160 Å². The quantitative estimate of drug-likeness (QED) is 0.804. The number of carbonyl (C=O) groups excluding carboxylic acids is 1. The number of benzene rings is 1. The zero-order valence-electron chi connectivity index (χ0n) is 16.0. The minimum absolute atomic E-state index is 0.0269. The van der Waals surface area contributed by atoms with E-state index in [4.69, 9.17) is 4.74 Å². The maximum Gasteiger partial charge on any atom is 0.272 e. The highest BCUT2D eigenvalue weighted by Crippen LogP contribution is 2.17. The van der Waals surface area contributed by atoms with Gasteiger partial charge in [0.1, 0.15) is 11.4 Å². The average molecular weight is 369 g/mol. The highest BCUT2D eigenvalue weighted by atomic mass is 16.5. The van der Waals surface area contributed by atoms with Crippen LogP contribution in [0.2, 0.25) is 0 Å². The molecular formula is C20H27N5O2. The first-order chi connectivity index (χ1) is 13.2. The maximum absolute atomic E-state index is 12.7. The molecule has 1 aliphatic rings. The van der Waals surface area contributed by atoms with Crippen LogP contribution >= 0.6 is 0 Å². The van der Waals surface area contributed by atoms with Gasteiger partial charge in [-0.05, 0) is 30.7 Å². The average Bonchev–Trinajstić information content (AvgIpc) is 2.74. The zero-order valence-corrected chi connectivity index (χ0v) is 16.0. The predicted octanol–water partition coefficient (Wildman–Crippen LogP) is 1.92. The second kappa shape index (κ2) is 9.32. The van der Waals surface area contributed by atoms with Gasteiger partial charge in [-0.2, -0.15) is 0 Å². The van der Waals surface area contributed by atoms with Crippen LogP contribution in [0.4, 0.5) is 5.95 Å². The summed E-state index contributed by atoms with van der Waals surface area (Å²) in [5.74, 6) is 1.32. The molecule has 1 aromatic carbocycles. The minimum atomic E-state index is -0.0269. The first-order valence-corrected chi connectivity index (χ1v) is 9.41. The molecular weight excluding hydrogens is 342 g/mol. The normalized spacial score (nSPS) is 14.8. The molecule has 0 spiro atoms. The van der Waals surface area contributed by atoms with Crippen LogP contribution in [0.25, 0.3) is 0 Å². The maximum atomic E-state index is 12.7. The van der Waals surface area contributed by atoms with Crippen molar-refractivity contribution in [1.82, 2.24) is 19.8 Å². The number of ether oxygens (including phenoxy) is 1. The number of methoxy groups -OCH3 is 1. The molecule has 0 unspecified atom stereocenters. The van der Waals surface area contributed by atoms with Gasteiger partial charge in [0.2, 0.25) is 5.95 Å². The lowest BCUT2D eigenvalue weighted by atomic mass is 10.1. The van der Waals surface area contributed by atoms with Crippen LogP contribution < -0.4 is 10.1 Å². The number of anilines is 1. The van der Waals surface area contributed by atoms with E-state index in [1.165, 1.54) is 0 Å². The third kappa shape index (κ3) is 4.95. The van der Waals surface area contributed by atoms with Crippen LogP contribution in [0, 0.1) is 0 Å². The summed E-state index contributed by atoms with van der Waals surface area (Å²) in [7, 11) is 1.67. The third-order valence-electron chi connectivity index (χ3n) is 4.85. The first-order valence-electron chi connectivity index (χ1n) is 9.41. The topological polar surface area (TPSA) is 70.6 Å². The summed E-state index contributed by atoms with van der Waals surface area (Å²) in [4.78, 5) is 25.5. The Morgan fingerprint density at radius 1 is 1.19 bits per heavy atom. The molecule has 1 fully saturated rings. The van der Waals surface area contributed by atoms with Gasteiger partial charge in [0.05, 0.1) is 7.11 Å². The largest absolute Gasteiger partial charge is 0.496 e. The smallest absolute Gasteiger partial charge is 0.272 e. The van der Waals surface area contributed by atoms with Crippen molar-refractivity contribution >= 4 is 11.9 Å². The summed E-state index contributed by atoms with van der Waals surface area (Å²) >= 11 is 0. The van der Waals surface area contributed by atoms with Crippen molar-refractivity contribution in [2.75, 3.05) is 51.7 Å². The number of aromatic nitrogens is 2. The lowest BCUT2D eigenvalue weighted by Crippen LogP contribution is -2.48. The molecule has 7 nitrogen and oxygen atoms in total. The standard InChI is InChI=1S/C20H27N5O2/c1-3-24-12-14-25(15-13-24)19(26)17-9-11-22-20(23-17)21-10-8-16-6-4-5-7-18(16)27-2/h4-7,9,11H,3,8,10,12-15H2,1-2H3,(H,21,22,23). The Kier molecular flexibility index (Phi) is 6.59. The monoisotopic (exact) mass is 369 g/mol.